The lowest BCUT2D eigenvalue weighted by Gasteiger charge is -2.38. The highest BCUT2D eigenvalue weighted by Gasteiger charge is 2.40. The molecular formula is C57H60N2. The van der Waals surface area contributed by atoms with Gasteiger partial charge in [0.05, 0.1) is 0 Å². The van der Waals surface area contributed by atoms with Gasteiger partial charge in [-0.05, 0) is 171 Å². The zero-order valence-electron chi connectivity index (χ0n) is 36.5. The van der Waals surface area contributed by atoms with E-state index in [1.165, 1.54) is 113 Å². The molecular weight excluding hydrogens is 713 g/mol. The molecule has 1 aliphatic carbocycles. The highest BCUT2D eigenvalue weighted by Crippen LogP contribution is 2.53. The van der Waals surface area contributed by atoms with E-state index < -0.39 is 0 Å². The van der Waals surface area contributed by atoms with Crippen molar-refractivity contribution in [2.75, 3.05) is 9.80 Å². The molecule has 0 radical (unpaired) electrons. The van der Waals surface area contributed by atoms with Crippen LogP contribution in [0.25, 0.3) is 35.4 Å². The maximum Gasteiger partial charge on any atom is 0.0475 e. The molecule has 2 nitrogen and oxygen atoms in total. The largest absolute Gasteiger partial charge is 0.338 e. The van der Waals surface area contributed by atoms with Gasteiger partial charge in [0.2, 0.25) is 0 Å². The molecule has 9 rings (SSSR count). The van der Waals surface area contributed by atoms with Crippen LogP contribution in [0.15, 0.2) is 109 Å². The number of fused-ring (bicyclic) bond motifs is 5. The normalized spacial score (nSPS) is 18.0. The Bertz CT molecular complexity index is 2420. The Labute approximate surface area is 354 Å². The second-order valence-corrected chi connectivity index (χ2v) is 17.9. The number of rotatable bonds is 8. The molecule has 3 aliphatic rings. The molecule has 6 aromatic carbocycles. The van der Waals surface area contributed by atoms with E-state index in [9.17, 15) is 0 Å². The molecule has 0 saturated carbocycles. The number of benzene rings is 6. The fraction of sp³-hybridized carbons (Fsp3) is 0.298. The minimum atomic E-state index is -0.00212. The van der Waals surface area contributed by atoms with E-state index in [1.54, 1.807) is 0 Å². The average molecular weight is 773 g/mol. The van der Waals surface area contributed by atoms with Gasteiger partial charge in [-0.1, -0.05) is 134 Å². The third kappa shape index (κ3) is 6.95. The van der Waals surface area contributed by atoms with Crippen LogP contribution in [0.1, 0.15) is 120 Å². The standard InChI is InChI=1S/C57H60N2/c1-9-57(10-2)53-35-45(15-13-43-17-25-49(26-18-43)58-41(7)11-23-47-33-37(3)31-39(5)55(47)58)21-29-51(53)52-30-22-46(36-54(52)57)16-14-44-19-27-50(28-20-44)59-42(8)12-24-48-34-38(4)32-40(6)56(48)59/h13-22,25-36,41-42H,9-12,23-24H2,1-8H3/b15-13+,16-14+. The number of hydrogen-bond donors (Lipinski definition) is 0. The topological polar surface area (TPSA) is 6.48 Å². The highest BCUT2D eigenvalue weighted by atomic mass is 15.2. The van der Waals surface area contributed by atoms with Gasteiger partial charge < -0.3 is 9.80 Å². The van der Waals surface area contributed by atoms with Gasteiger partial charge in [-0.25, -0.2) is 0 Å². The molecule has 0 amide bonds. The van der Waals surface area contributed by atoms with Crippen LogP contribution >= 0.6 is 0 Å². The zero-order valence-corrected chi connectivity index (χ0v) is 36.5. The fourth-order valence-corrected chi connectivity index (χ4v) is 11.0. The van der Waals surface area contributed by atoms with Crippen LogP contribution in [0.5, 0.6) is 0 Å². The molecule has 2 aliphatic heterocycles. The van der Waals surface area contributed by atoms with Gasteiger partial charge in [0.15, 0.2) is 0 Å². The van der Waals surface area contributed by atoms with Gasteiger partial charge in [0.1, 0.15) is 0 Å². The van der Waals surface area contributed by atoms with Crippen molar-refractivity contribution in [3.05, 3.63) is 176 Å². The van der Waals surface area contributed by atoms with Gasteiger partial charge in [-0.3, -0.25) is 0 Å². The summed E-state index contributed by atoms with van der Waals surface area (Å²) in [7, 11) is 0. The number of hydrogen-bond acceptors (Lipinski definition) is 2. The van der Waals surface area contributed by atoms with Gasteiger partial charge in [-0.2, -0.15) is 0 Å². The van der Waals surface area contributed by atoms with Crippen LogP contribution in [-0.2, 0) is 18.3 Å². The molecule has 2 heterocycles. The minimum Gasteiger partial charge on any atom is -0.338 e. The Hall–Kier alpha value is -5.60. The Morgan fingerprint density at radius 2 is 0.864 bits per heavy atom. The molecule has 298 valence electrons. The van der Waals surface area contributed by atoms with Crippen molar-refractivity contribution in [2.45, 2.75) is 111 Å². The van der Waals surface area contributed by atoms with Crippen molar-refractivity contribution < 1.29 is 0 Å². The molecule has 2 heteroatoms. The number of aryl methyl sites for hydroxylation is 6. The summed E-state index contributed by atoms with van der Waals surface area (Å²) in [6.07, 6.45) is 16.0. The van der Waals surface area contributed by atoms with Crippen LogP contribution in [0, 0.1) is 27.7 Å². The van der Waals surface area contributed by atoms with E-state index in [0.29, 0.717) is 12.1 Å². The lowest BCUT2D eigenvalue weighted by Crippen LogP contribution is -2.33. The van der Waals surface area contributed by atoms with Crippen molar-refractivity contribution >= 4 is 47.1 Å². The van der Waals surface area contributed by atoms with Gasteiger partial charge >= 0.3 is 0 Å². The van der Waals surface area contributed by atoms with Crippen LogP contribution < -0.4 is 9.80 Å². The van der Waals surface area contributed by atoms with E-state index >= 15 is 0 Å². The van der Waals surface area contributed by atoms with Crippen molar-refractivity contribution in [3.63, 3.8) is 0 Å². The lowest BCUT2D eigenvalue weighted by atomic mass is 9.73. The predicted octanol–water partition coefficient (Wildman–Crippen LogP) is 15.3. The maximum absolute atomic E-state index is 2.56. The van der Waals surface area contributed by atoms with Crippen molar-refractivity contribution in [3.8, 4) is 11.1 Å². The highest BCUT2D eigenvalue weighted by molar-refractivity contribution is 5.85. The molecule has 2 unspecified atom stereocenters. The molecule has 6 aromatic rings. The van der Waals surface area contributed by atoms with Gasteiger partial charge in [0.25, 0.3) is 0 Å². The first kappa shape index (κ1) is 38.9. The van der Waals surface area contributed by atoms with Crippen molar-refractivity contribution in [2.24, 2.45) is 0 Å². The van der Waals surface area contributed by atoms with E-state index in [4.69, 9.17) is 0 Å². The Balaban J connectivity index is 0.935. The summed E-state index contributed by atoms with van der Waals surface area (Å²) >= 11 is 0. The first-order valence-corrected chi connectivity index (χ1v) is 22.2. The Kier molecular flexibility index (Phi) is 10.2. The zero-order chi connectivity index (χ0) is 41.0. The number of nitrogens with zero attached hydrogens (tertiary/aromatic N) is 2. The maximum atomic E-state index is 2.56. The smallest absolute Gasteiger partial charge is 0.0475 e. The quantitative estimate of drug-likeness (QED) is 0.142. The van der Waals surface area contributed by atoms with Crippen molar-refractivity contribution in [1.82, 2.24) is 0 Å². The summed E-state index contributed by atoms with van der Waals surface area (Å²) in [6, 6.07) is 43.0. The van der Waals surface area contributed by atoms with E-state index in [0.717, 1.165) is 25.7 Å². The average Bonchev–Trinajstić information content (AvgIpc) is 3.51. The summed E-state index contributed by atoms with van der Waals surface area (Å²) in [5.74, 6) is 0. The molecule has 59 heavy (non-hydrogen) atoms. The lowest BCUT2D eigenvalue weighted by molar-refractivity contribution is 0.490. The van der Waals surface area contributed by atoms with Crippen LogP contribution in [0.2, 0.25) is 0 Å². The van der Waals surface area contributed by atoms with Crippen molar-refractivity contribution in [1.29, 1.82) is 0 Å². The minimum absolute atomic E-state index is 0.00212. The molecule has 0 bridgehead atoms. The first-order valence-electron chi connectivity index (χ1n) is 22.2. The van der Waals surface area contributed by atoms with Crippen LogP contribution in [-0.4, -0.2) is 12.1 Å². The SMILES string of the molecule is CCC1(CC)c2cc(/C=C/c3ccc(N4c5c(C)cc(C)cc5CCC4C)cc3)ccc2-c2ccc(/C=C/c3ccc(N4c5c(C)cc(C)cc5CCC4C)cc3)cc21. The second-order valence-electron chi connectivity index (χ2n) is 17.9. The number of anilines is 4. The molecule has 2 atom stereocenters. The molecule has 0 N–H and O–H groups in total. The molecule has 0 fully saturated rings. The second kappa shape index (κ2) is 15.5. The van der Waals surface area contributed by atoms with Crippen LogP contribution in [0.3, 0.4) is 0 Å². The molecule has 0 saturated heterocycles. The first-order chi connectivity index (χ1) is 28.6. The monoisotopic (exact) mass is 772 g/mol. The fourth-order valence-electron chi connectivity index (χ4n) is 11.0. The summed E-state index contributed by atoms with van der Waals surface area (Å²) in [4.78, 5) is 5.12. The van der Waals surface area contributed by atoms with Crippen LogP contribution in [0.4, 0.5) is 22.7 Å². The van der Waals surface area contributed by atoms with Gasteiger partial charge in [0, 0.05) is 40.2 Å². The summed E-state index contributed by atoms with van der Waals surface area (Å²) in [6.45, 7) is 18.4. The van der Waals surface area contributed by atoms with E-state index in [-0.39, 0.29) is 5.41 Å². The third-order valence-electron chi connectivity index (χ3n) is 14.0. The predicted molar refractivity (Wildman–Crippen MR) is 256 cm³/mol. The third-order valence-corrected chi connectivity index (χ3v) is 14.0. The summed E-state index contributed by atoms with van der Waals surface area (Å²) < 4.78 is 0. The van der Waals surface area contributed by atoms with E-state index in [1.807, 2.05) is 0 Å². The van der Waals surface area contributed by atoms with E-state index in [2.05, 4.69) is 199 Å². The summed E-state index contributed by atoms with van der Waals surface area (Å²) in [5.41, 5.74) is 24.4. The molecule has 0 aromatic heterocycles. The Morgan fingerprint density at radius 1 is 0.492 bits per heavy atom. The summed E-state index contributed by atoms with van der Waals surface area (Å²) in [5, 5.41) is 0. The molecule has 0 spiro atoms. The Morgan fingerprint density at radius 3 is 1.25 bits per heavy atom. The van der Waals surface area contributed by atoms with Gasteiger partial charge in [-0.15, -0.1) is 0 Å².